The van der Waals surface area contributed by atoms with Gasteiger partial charge in [0.1, 0.15) is 0 Å². The van der Waals surface area contributed by atoms with Gasteiger partial charge in [0.25, 0.3) is 0 Å². The lowest BCUT2D eigenvalue weighted by Gasteiger charge is -2.20. The Morgan fingerprint density at radius 1 is 1.30 bits per heavy atom. The summed E-state index contributed by atoms with van der Waals surface area (Å²) in [7, 11) is 0. The molecule has 1 unspecified atom stereocenters. The Morgan fingerprint density at radius 3 is 2.57 bits per heavy atom. The molecule has 2 amide bonds. The fourth-order valence-corrected chi connectivity index (χ4v) is 2.61. The molecule has 1 atom stereocenters. The van der Waals surface area contributed by atoms with Crippen LogP contribution in [-0.4, -0.2) is 41.9 Å². The van der Waals surface area contributed by atoms with Crippen molar-refractivity contribution in [2.45, 2.75) is 38.8 Å². The van der Waals surface area contributed by atoms with E-state index in [2.05, 4.69) is 35.5 Å². The molecule has 0 saturated carbocycles. The zero-order valence-corrected chi connectivity index (χ0v) is 13.5. The fourth-order valence-electron chi connectivity index (χ4n) is 2.61. The molecule has 1 fully saturated rings. The number of carbonyl (C=O) groups is 2. The summed E-state index contributed by atoms with van der Waals surface area (Å²) < 4.78 is 0. The molecule has 1 saturated heterocycles. The van der Waals surface area contributed by atoms with E-state index in [4.69, 9.17) is 5.26 Å². The van der Waals surface area contributed by atoms with Gasteiger partial charge < -0.3 is 10.6 Å². The average Bonchev–Trinajstić information content (AvgIpc) is 2.98. The van der Waals surface area contributed by atoms with E-state index < -0.39 is 11.8 Å². The lowest BCUT2D eigenvalue weighted by Crippen LogP contribution is -2.43. The molecule has 0 radical (unpaired) electrons. The van der Waals surface area contributed by atoms with Crippen molar-refractivity contribution in [2.24, 2.45) is 0 Å². The quantitative estimate of drug-likeness (QED) is 0.820. The highest BCUT2D eigenvalue weighted by molar-refractivity contribution is 6.39. The third-order valence-corrected chi connectivity index (χ3v) is 3.99. The lowest BCUT2D eigenvalue weighted by atomic mass is 10.1. The van der Waals surface area contributed by atoms with Crippen LogP contribution in [0.1, 0.15) is 25.8 Å². The molecule has 23 heavy (non-hydrogen) atoms. The van der Waals surface area contributed by atoms with Crippen molar-refractivity contribution < 1.29 is 9.59 Å². The Labute approximate surface area is 136 Å². The molecule has 1 aliphatic heterocycles. The first-order valence-electron chi connectivity index (χ1n) is 7.81. The van der Waals surface area contributed by atoms with Crippen LogP contribution in [0.25, 0.3) is 0 Å². The van der Waals surface area contributed by atoms with Gasteiger partial charge in [-0.3, -0.25) is 14.5 Å². The van der Waals surface area contributed by atoms with Gasteiger partial charge in [0.05, 0.1) is 12.5 Å². The largest absolute Gasteiger partial charge is 0.344 e. The highest BCUT2D eigenvalue weighted by atomic mass is 16.2. The predicted octanol–water partition coefficient (Wildman–Crippen LogP) is 1.29. The normalized spacial score (nSPS) is 17.7. The summed E-state index contributed by atoms with van der Waals surface area (Å²) in [5.41, 5.74) is 1.41. The number of nitriles is 1. The number of rotatable bonds is 4. The first-order valence-corrected chi connectivity index (χ1v) is 7.81. The third kappa shape index (κ3) is 4.80. The smallest absolute Gasteiger partial charge is 0.313 e. The van der Waals surface area contributed by atoms with Crippen molar-refractivity contribution in [3.8, 4) is 6.07 Å². The molecule has 2 rings (SSSR count). The standard InChI is InChI=1S/C17H22N4O2/c1-12(2)21-10-8-15(11-21)20-17(23)16(22)19-14-5-3-13(4-6-14)7-9-18/h3-6,12,15H,7-8,10-11H2,1-2H3,(H,19,22)(H,20,23). The molecule has 0 spiro atoms. The minimum absolute atomic E-state index is 0.0219. The van der Waals surface area contributed by atoms with Gasteiger partial charge in [-0.2, -0.15) is 5.26 Å². The number of anilines is 1. The van der Waals surface area contributed by atoms with Crippen LogP contribution in [0.5, 0.6) is 0 Å². The SMILES string of the molecule is CC(C)N1CCC(NC(=O)C(=O)Nc2ccc(CC#N)cc2)C1. The molecule has 2 N–H and O–H groups in total. The molecular formula is C17H22N4O2. The van der Waals surface area contributed by atoms with E-state index in [9.17, 15) is 9.59 Å². The molecule has 6 nitrogen and oxygen atoms in total. The topological polar surface area (TPSA) is 85.2 Å². The second-order valence-electron chi connectivity index (χ2n) is 6.03. The van der Waals surface area contributed by atoms with Crippen LogP contribution >= 0.6 is 0 Å². The number of nitrogens with one attached hydrogen (secondary N) is 2. The van der Waals surface area contributed by atoms with Crippen molar-refractivity contribution in [3.05, 3.63) is 29.8 Å². The summed E-state index contributed by atoms with van der Waals surface area (Å²) in [6.45, 7) is 5.95. The van der Waals surface area contributed by atoms with Gasteiger partial charge in [-0.15, -0.1) is 0 Å². The van der Waals surface area contributed by atoms with E-state index >= 15 is 0 Å². The molecule has 0 aliphatic carbocycles. The Bertz CT molecular complexity index is 604. The first kappa shape index (κ1) is 17.0. The van der Waals surface area contributed by atoms with Gasteiger partial charge in [0.15, 0.2) is 0 Å². The maximum Gasteiger partial charge on any atom is 0.313 e. The summed E-state index contributed by atoms with van der Waals surface area (Å²) in [4.78, 5) is 26.2. The minimum atomic E-state index is -0.666. The molecule has 1 aliphatic rings. The van der Waals surface area contributed by atoms with Crippen molar-refractivity contribution in [3.63, 3.8) is 0 Å². The van der Waals surface area contributed by atoms with Crippen molar-refractivity contribution in [2.75, 3.05) is 18.4 Å². The molecule has 0 aromatic heterocycles. The molecule has 1 aromatic carbocycles. The third-order valence-electron chi connectivity index (χ3n) is 3.99. The average molecular weight is 314 g/mol. The van der Waals surface area contributed by atoms with E-state index in [0.29, 0.717) is 18.2 Å². The summed E-state index contributed by atoms with van der Waals surface area (Å²) in [6, 6.07) is 9.42. The molecule has 1 aromatic rings. The zero-order valence-electron chi connectivity index (χ0n) is 13.5. The van der Waals surface area contributed by atoms with Gasteiger partial charge in [-0.1, -0.05) is 12.1 Å². The summed E-state index contributed by atoms with van der Waals surface area (Å²) >= 11 is 0. The fraction of sp³-hybridized carbons (Fsp3) is 0.471. The Morgan fingerprint density at radius 2 is 2.00 bits per heavy atom. The van der Waals surface area contributed by atoms with E-state index in [1.54, 1.807) is 24.3 Å². The van der Waals surface area contributed by atoms with Crippen molar-refractivity contribution >= 4 is 17.5 Å². The van der Waals surface area contributed by atoms with Gasteiger partial charge in [0, 0.05) is 30.9 Å². The zero-order chi connectivity index (χ0) is 16.8. The number of hydrogen-bond donors (Lipinski definition) is 2. The number of benzene rings is 1. The van der Waals surface area contributed by atoms with Crippen LogP contribution < -0.4 is 10.6 Å². The second kappa shape index (κ2) is 7.75. The van der Waals surface area contributed by atoms with Gasteiger partial charge >= 0.3 is 11.8 Å². The number of hydrogen-bond acceptors (Lipinski definition) is 4. The van der Waals surface area contributed by atoms with Crippen LogP contribution in [0.15, 0.2) is 24.3 Å². The molecule has 1 heterocycles. The molecule has 122 valence electrons. The highest BCUT2D eigenvalue weighted by Gasteiger charge is 2.27. The highest BCUT2D eigenvalue weighted by Crippen LogP contribution is 2.13. The second-order valence-corrected chi connectivity index (χ2v) is 6.03. The molecule has 0 bridgehead atoms. The van der Waals surface area contributed by atoms with Crippen LogP contribution in [0.4, 0.5) is 5.69 Å². The Hall–Kier alpha value is -2.39. The maximum absolute atomic E-state index is 12.0. The number of nitrogens with zero attached hydrogens (tertiary/aromatic N) is 2. The van der Waals surface area contributed by atoms with Gasteiger partial charge in [0.2, 0.25) is 0 Å². The van der Waals surface area contributed by atoms with E-state index in [1.807, 2.05) is 0 Å². The van der Waals surface area contributed by atoms with E-state index in [1.165, 1.54) is 0 Å². The summed E-state index contributed by atoms with van der Waals surface area (Å²) in [5, 5.41) is 14.0. The minimum Gasteiger partial charge on any atom is -0.344 e. The monoisotopic (exact) mass is 314 g/mol. The van der Waals surface area contributed by atoms with Crippen molar-refractivity contribution in [1.82, 2.24) is 10.2 Å². The van der Waals surface area contributed by atoms with Crippen LogP contribution in [0.3, 0.4) is 0 Å². The lowest BCUT2D eigenvalue weighted by molar-refractivity contribution is -0.136. The number of carbonyl (C=O) groups excluding carboxylic acids is 2. The predicted molar refractivity (Wildman–Crippen MR) is 87.6 cm³/mol. The van der Waals surface area contributed by atoms with E-state index in [-0.39, 0.29) is 6.04 Å². The number of likely N-dealkylation sites (tertiary alicyclic amines) is 1. The maximum atomic E-state index is 12.0. The van der Waals surface area contributed by atoms with Crippen LogP contribution in [0.2, 0.25) is 0 Å². The van der Waals surface area contributed by atoms with Gasteiger partial charge in [-0.05, 0) is 38.0 Å². The summed E-state index contributed by atoms with van der Waals surface area (Å²) in [5.74, 6) is -1.28. The molecular weight excluding hydrogens is 292 g/mol. The first-order chi connectivity index (χ1) is 11.0. The van der Waals surface area contributed by atoms with Crippen LogP contribution in [0, 0.1) is 11.3 Å². The molecule has 6 heteroatoms. The Kier molecular flexibility index (Phi) is 5.72. The number of amides is 2. The van der Waals surface area contributed by atoms with Gasteiger partial charge in [-0.25, -0.2) is 0 Å². The van der Waals surface area contributed by atoms with Crippen molar-refractivity contribution in [1.29, 1.82) is 5.26 Å². The van der Waals surface area contributed by atoms with Crippen LogP contribution in [-0.2, 0) is 16.0 Å². The Balaban J connectivity index is 1.83. The van der Waals surface area contributed by atoms with E-state index in [0.717, 1.165) is 25.1 Å². The summed E-state index contributed by atoms with van der Waals surface area (Å²) in [6.07, 6.45) is 1.18.